The van der Waals surface area contributed by atoms with Crippen LogP contribution in [-0.2, 0) is 18.9 Å². The van der Waals surface area contributed by atoms with Crippen molar-refractivity contribution in [3.8, 4) is 5.75 Å². The standard InChI is InChI=1S/C31H42N6O6/c1-22-29(42-22)36-16-14-34(15-17-36)24-9-8-23(21-25(24)39-19-20-41-26-7-5-6-18-40-26)37(30(38)43-31(2,3)4)28-27-32-10-12-35(27)13-11-33-28/h8-13,21-22,26,29H,5-7,14-20H2,1-4H3. The molecule has 0 spiro atoms. The summed E-state index contributed by atoms with van der Waals surface area (Å²) < 4.78 is 31.4. The van der Waals surface area contributed by atoms with Crippen LogP contribution in [0.1, 0.15) is 47.0 Å². The van der Waals surface area contributed by atoms with Gasteiger partial charge in [-0.15, -0.1) is 0 Å². The van der Waals surface area contributed by atoms with Crippen molar-refractivity contribution in [2.24, 2.45) is 0 Å². The van der Waals surface area contributed by atoms with Gasteiger partial charge in [0.25, 0.3) is 0 Å². The number of benzene rings is 1. The van der Waals surface area contributed by atoms with Crippen molar-refractivity contribution < 1.29 is 28.5 Å². The van der Waals surface area contributed by atoms with Crippen LogP contribution in [0, 0.1) is 0 Å². The maximum atomic E-state index is 13.7. The van der Waals surface area contributed by atoms with E-state index in [4.69, 9.17) is 23.7 Å². The number of epoxide rings is 1. The summed E-state index contributed by atoms with van der Waals surface area (Å²) >= 11 is 0. The summed E-state index contributed by atoms with van der Waals surface area (Å²) in [6.45, 7) is 12.5. The number of rotatable bonds is 9. The Morgan fingerprint density at radius 1 is 1.07 bits per heavy atom. The van der Waals surface area contributed by atoms with Crippen LogP contribution in [0.3, 0.4) is 0 Å². The molecule has 232 valence electrons. The number of piperazine rings is 1. The second-order valence-electron chi connectivity index (χ2n) is 12.1. The summed E-state index contributed by atoms with van der Waals surface area (Å²) in [7, 11) is 0. The zero-order chi connectivity index (χ0) is 30.0. The number of imidazole rings is 1. The van der Waals surface area contributed by atoms with E-state index in [0.29, 0.717) is 42.2 Å². The van der Waals surface area contributed by atoms with Crippen LogP contribution in [-0.4, -0.2) is 95.6 Å². The highest BCUT2D eigenvalue weighted by atomic mass is 16.7. The van der Waals surface area contributed by atoms with E-state index < -0.39 is 11.7 Å². The lowest BCUT2D eigenvalue weighted by molar-refractivity contribution is -0.165. The molecular weight excluding hydrogens is 552 g/mol. The fourth-order valence-electron chi connectivity index (χ4n) is 5.59. The molecule has 3 aliphatic heterocycles. The van der Waals surface area contributed by atoms with Crippen LogP contribution in [0.4, 0.5) is 22.0 Å². The maximum absolute atomic E-state index is 13.7. The summed E-state index contributed by atoms with van der Waals surface area (Å²) in [4.78, 5) is 28.9. The van der Waals surface area contributed by atoms with E-state index in [-0.39, 0.29) is 12.5 Å². The summed E-state index contributed by atoms with van der Waals surface area (Å²) in [5, 5.41) is 0. The maximum Gasteiger partial charge on any atom is 0.420 e. The number of nitrogens with zero attached hydrogens (tertiary/aromatic N) is 6. The van der Waals surface area contributed by atoms with E-state index in [1.165, 1.54) is 4.90 Å². The number of amides is 1. The first kappa shape index (κ1) is 29.6. The molecule has 43 heavy (non-hydrogen) atoms. The van der Waals surface area contributed by atoms with E-state index >= 15 is 0 Å². The van der Waals surface area contributed by atoms with Gasteiger partial charge in [-0.2, -0.15) is 0 Å². The van der Waals surface area contributed by atoms with E-state index in [2.05, 4.69) is 26.7 Å². The Kier molecular flexibility index (Phi) is 8.71. The van der Waals surface area contributed by atoms with Gasteiger partial charge >= 0.3 is 6.09 Å². The first-order valence-corrected chi connectivity index (χ1v) is 15.2. The minimum absolute atomic E-state index is 0.188. The van der Waals surface area contributed by atoms with Crippen molar-refractivity contribution in [2.45, 2.75) is 71.2 Å². The Hall–Kier alpha value is -3.45. The lowest BCUT2D eigenvalue weighted by Gasteiger charge is -2.36. The fraction of sp³-hybridized carbons (Fsp3) is 0.581. The Balaban J connectivity index is 1.28. The molecule has 3 fully saturated rings. The average molecular weight is 595 g/mol. The molecule has 12 heteroatoms. The van der Waals surface area contributed by atoms with Gasteiger partial charge in [0.15, 0.2) is 17.8 Å². The molecule has 2 aromatic heterocycles. The minimum Gasteiger partial charge on any atom is -0.489 e. The van der Waals surface area contributed by atoms with Crippen molar-refractivity contribution in [3.05, 3.63) is 43.0 Å². The van der Waals surface area contributed by atoms with Gasteiger partial charge in [0.2, 0.25) is 0 Å². The molecule has 3 unspecified atom stereocenters. The molecule has 6 rings (SSSR count). The van der Waals surface area contributed by atoms with Crippen LogP contribution in [0.5, 0.6) is 5.75 Å². The summed E-state index contributed by atoms with van der Waals surface area (Å²) in [6.07, 6.45) is 9.76. The van der Waals surface area contributed by atoms with Crippen molar-refractivity contribution >= 4 is 28.9 Å². The van der Waals surface area contributed by atoms with Gasteiger partial charge in [-0.05, 0) is 59.1 Å². The van der Waals surface area contributed by atoms with Gasteiger partial charge in [-0.3, -0.25) is 4.90 Å². The van der Waals surface area contributed by atoms with Crippen LogP contribution in [0.25, 0.3) is 5.65 Å². The topological polar surface area (TPSA) is 106 Å². The largest absolute Gasteiger partial charge is 0.489 e. The number of ether oxygens (including phenoxy) is 5. The summed E-state index contributed by atoms with van der Waals surface area (Å²) in [5.74, 6) is 1.02. The van der Waals surface area contributed by atoms with Gasteiger partial charge in [0, 0.05) is 63.6 Å². The number of hydrogen-bond acceptors (Lipinski definition) is 10. The van der Waals surface area contributed by atoms with E-state index in [0.717, 1.165) is 57.7 Å². The quantitative estimate of drug-likeness (QED) is 0.258. The number of carbonyl (C=O) groups is 1. The van der Waals surface area contributed by atoms with Gasteiger partial charge in [0.05, 0.1) is 24.1 Å². The molecule has 0 N–H and O–H groups in total. The molecule has 3 atom stereocenters. The van der Waals surface area contributed by atoms with Crippen molar-refractivity contribution in [1.82, 2.24) is 19.3 Å². The second-order valence-corrected chi connectivity index (χ2v) is 12.1. The normalized spacial score (nSPS) is 22.9. The van der Waals surface area contributed by atoms with Crippen LogP contribution >= 0.6 is 0 Å². The molecule has 0 bridgehead atoms. The Morgan fingerprint density at radius 3 is 2.53 bits per heavy atom. The van der Waals surface area contributed by atoms with Crippen LogP contribution < -0.4 is 14.5 Å². The SMILES string of the molecule is CC1OC1N1CCN(c2ccc(N(C(=O)OC(C)(C)C)c3nccn4ccnc34)cc2OCCOC2CCCCO2)CC1. The van der Waals surface area contributed by atoms with E-state index in [1.54, 1.807) is 18.6 Å². The zero-order valence-electron chi connectivity index (χ0n) is 25.5. The molecule has 0 radical (unpaired) electrons. The third-order valence-electron chi connectivity index (χ3n) is 7.76. The predicted molar refractivity (Wildman–Crippen MR) is 161 cm³/mol. The highest BCUT2D eigenvalue weighted by Gasteiger charge is 2.41. The summed E-state index contributed by atoms with van der Waals surface area (Å²) in [5.41, 5.74) is 1.34. The van der Waals surface area contributed by atoms with E-state index in [1.807, 2.05) is 49.6 Å². The van der Waals surface area contributed by atoms with Crippen molar-refractivity contribution in [2.75, 3.05) is 55.8 Å². The molecular formula is C31H42N6O6. The molecule has 1 aromatic carbocycles. The lowest BCUT2D eigenvalue weighted by atomic mass is 10.2. The van der Waals surface area contributed by atoms with Crippen LogP contribution in [0.15, 0.2) is 43.0 Å². The highest BCUT2D eigenvalue weighted by Crippen LogP contribution is 2.38. The third kappa shape index (κ3) is 7.04. The van der Waals surface area contributed by atoms with Gasteiger partial charge in [-0.25, -0.2) is 19.7 Å². The highest BCUT2D eigenvalue weighted by molar-refractivity contribution is 5.99. The third-order valence-corrected chi connectivity index (χ3v) is 7.76. The number of fused-ring (bicyclic) bond motifs is 1. The molecule has 0 aliphatic carbocycles. The van der Waals surface area contributed by atoms with Gasteiger partial charge < -0.3 is 33.0 Å². The average Bonchev–Trinajstić information content (AvgIpc) is 3.51. The molecule has 0 saturated carbocycles. The second kappa shape index (κ2) is 12.7. The fourth-order valence-corrected chi connectivity index (χ4v) is 5.59. The number of carbonyl (C=O) groups excluding carboxylic acids is 1. The number of hydrogen-bond donors (Lipinski definition) is 0. The first-order valence-electron chi connectivity index (χ1n) is 15.2. The molecule has 1 amide bonds. The predicted octanol–water partition coefficient (Wildman–Crippen LogP) is 4.59. The van der Waals surface area contributed by atoms with Gasteiger partial charge in [-0.1, -0.05) is 0 Å². The summed E-state index contributed by atoms with van der Waals surface area (Å²) in [6, 6.07) is 5.79. The van der Waals surface area contributed by atoms with Crippen molar-refractivity contribution in [1.29, 1.82) is 0 Å². The zero-order valence-corrected chi connectivity index (χ0v) is 25.5. The van der Waals surface area contributed by atoms with Crippen LogP contribution in [0.2, 0.25) is 0 Å². The van der Waals surface area contributed by atoms with Crippen molar-refractivity contribution in [3.63, 3.8) is 0 Å². The molecule has 12 nitrogen and oxygen atoms in total. The monoisotopic (exact) mass is 594 g/mol. The first-order chi connectivity index (χ1) is 20.8. The molecule has 5 heterocycles. The smallest absolute Gasteiger partial charge is 0.420 e. The molecule has 3 aliphatic rings. The Bertz CT molecular complexity index is 1390. The minimum atomic E-state index is -0.712. The lowest BCUT2D eigenvalue weighted by Crippen LogP contribution is -2.48. The number of anilines is 3. The Labute approximate surface area is 252 Å². The Morgan fingerprint density at radius 2 is 1.84 bits per heavy atom. The molecule has 3 aromatic rings. The molecule has 3 saturated heterocycles. The number of aromatic nitrogens is 3. The van der Waals surface area contributed by atoms with Gasteiger partial charge in [0.1, 0.15) is 24.2 Å². The van der Waals surface area contributed by atoms with E-state index in [9.17, 15) is 4.79 Å².